The molecule has 0 radical (unpaired) electrons. The summed E-state index contributed by atoms with van der Waals surface area (Å²) in [6.07, 6.45) is 1.47. The van der Waals surface area contributed by atoms with Crippen molar-refractivity contribution in [3.05, 3.63) is 15.0 Å². The molecule has 1 fully saturated rings. The number of amides is 1. The predicted molar refractivity (Wildman–Crippen MR) is 76.9 cm³/mol. The first kappa shape index (κ1) is 14.3. The third-order valence-corrected chi connectivity index (χ3v) is 4.31. The first-order chi connectivity index (χ1) is 9.08. The Hall–Kier alpha value is -1.12. The fourth-order valence-corrected chi connectivity index (χ4v) is 2.98. The van der Waals surface area contributed by atoms with Gasteiger partial charge >= 0.3 is 5.97 Å². The van der Waals surface area contributed by atoms with Crippen LogP contribution in [0.2, 0.25) is 0 Å². The highest BCUT2D eigenvalue weighted by Gasteiger charge is 2.35. The first-order valence-corrected chi connectivity index (χ1v) is 7.26. The molecule has 104 valence electrons. The topological polar surface area (TPSA) is 75.3 Å². The first-order valence-electron chi connectivity index (χ1n) is 6.18. The summed E-state index contributed by atoms with van der Waals surface area (Å²) in [4.78, 5) is 25.0. The number of nitrogens with zero attached hydrogens (tertiary/aromatic N) is 2. The van der Waals surface area contributed by atoms with Crippen LogP contribution >= 0.6 is 22.6 Å². The van der Waals surface area contributed by atoms with Gasteiger partial charge < -0.3 is 9.64 Å². The van der Waals surface area contributed by atoms with E-state index < -0.39 is 5.97 Å². The molecule has 0 atom stereocenters. The summed E-state index contributed by atoms with van der Waals surface area (Å²) in [7, 11) is 1.33. The molecular weight excluding hydrogens is 361 g/mol. The lowest BCUT2D eigenvalue weighted by Gasteiger charge is -2.39. The van der Waals surface area contributed by atoms with Gasteiger partial charge in [0.2, 0.25) is 5.91 Å². The van der Waals surface area contributed by atoms with Crippen molar-refractivity contribution in [2.45, 2.75) is 25.7 Å². The Morgan fingerprint density at radius 3 is 2.79 bits per heavy atom. The SMILES string of the molecule is CCCC(=O)N1CC(c2[nH]nc(C(=O)OC)c2I)C1. The molecule has 1 N–H and O–H groups in total. The number of likely N-dealkylation sites (tertiary alicyclic amines) is 1. The van der Waals surface area contributed by atoms with E-state index in [1.165, 1.54) is 7.11 Å². The lowest BCUT2D eigenvalue weighted by atomic mass is 9.95. The van der Waals surface area contributed by atoms with Gasteiger partial charge in [-0.05, 0) is 29.0 Å². The normalized spacial score (nSPS) is 15.2. The number of carbonyl (C=O) groups is 2. The Morgan fingerprint density at radius 1 is 1.53 bits per heavy atom. The summed E-state index contributed by atoms with van der Waals surface area (Å²) in [6.45, 7) is 3.38. The molecule has 0 bridgehead atoms. The quantitative estimate of drug-likeness (QED) is 0.638. The van der Waals surface area contributed by atoms with Gasteiger partial charge in [0.25, 0.3) is 0 Å². The Labute approximate surface area is 125 Å². The van der Waals surface area contributed by atoms with E-state index in [2.05, 4.69) is 37.5 Å². The molecule has 1 amide bonds. The van der Waals surface area contributed by atoms with Crippen molar-refractivity contribution < 1.29 is 14.3 Å². The summed E-state index contributed by atoms with van der Waals surface area (Å²) < 4.78 is 5.45. The maximum Gasteiger partial charge on any atom is 0.359 e. The van der Waals surface area contributed by atoms with E-state index in [1.54, 1.807) is 0 Å². The van der Waals surface area contributed by atoms with Crippen LogP contribution in [0.15, 0.2) is 0 Å². The zero-order valence-electron chi connectivity index (χ0n) is 10.9. The molecule has 1 aromatic heterocycles. The van der Waals surface area contributed by atoms with Crippen LogP contribution in [0.1, 0.15) is 41.9 Å². The van der Waals surface area contributed by atoms with Crippen molar-refractivity contribution in [3.63, 3.8) is 0 Å². The van der Waals surface area contributed by atoms with Crippen molar-refractivity contribution in [2.24, 2.45) is 0 Å². The Kier molecular flexibility index (Phi) is 4.43. The van der Waals surface area contributed by atoms with E-state index in [9.17, 15) is 9.59 Å². The molecule has 0 saturated carbocycles. The van der Waals surface area contributed by atoms with Gasteiger partial charge in [0.1, 0.15) is 0 Å². The zero-order valence-corrected chi connectivity index (χ0v) is 13.1. The molecule has 0 aliphatic carbocycles. The number of ether oxygens (including phenoxy) is 1. The molecule has 1 aromatic rings. The van der Waals surface area contributed by atoms with Crippen LogP contribution < -0.4 is 0 Å². The maximum absolute atomic E-state index is 11.7. The van der Waals surface area contributed by atoms with Crippen LogP contribution in [-0.2, 0) is 9.53 Å². The van der Waals surface area contributed by atoms with Gasteiger partial charge in [0.05, 0.1) is 16.4 Å². The summed E-state index contributed by atoms with van der Waals surface area (Å²) in [5, 5.41) is 6.87. The molecule has 1 saturated heterocycles. The van der Waals surface area contributed by atoms with Gasteiger partial charge in [0.15, 0.2) is 5.69 Å². The van der Waals surface area contributed by atoms with E-state index in [4.69, 9.17) is 0 Å². The van der Waals surface area contributed by atoms with Crippen LogP contribution in [0.3, 0.4) is 0 Å². The largest absolute Gasteiger partial charge is 0.464 e. The second-order valence-electron chi connectivity index (χ2n) is 4.54. The minimum Gasteiger partial charge on any atom is -0.464 e. The van der Waals surface area contributed by atoms with Crippen LogP contribution in [-0.4, -0.2) is 47.2 Å². The summed E-state index contributed by atoms with van der Waals surface area (Å²) >= 11 is 2.09. The number of rotatable bonds is 4. The number of aromatic nitrogens is 2. The smallest absolute Gasteiger partial charge is 0.359 e. The highest BCUT2D eigenvalue weighted by molar-refractivity contribution is 14.1. The Bertz CT molecular complexity index is 494. The number of methoxy groups -OCH3 is 1. The molecule has 1 aliphatic heterocycles. The van der Waals surface area contributed by atoms with Crippen molar-refractivity contribution in [3.8, 4) is 0 Å². The van der Waals surface area contributed by atoms with Crippen molar-refractivity contribution >= 4 is 34.5 Å². The van der Waals surface area contributed by atoms with E-state index >= 15 is 0 Å². The number of halogens is 1. The molecule has 19 heavy (non-hydrogen) atoms. The van der Waals surface area contributed by atoms with Gasteiger partial charge in [0, 0.05) is 25.4 Å². The number of H-pyrrole nitrogens is 1. The lowest BCUT2D eigenvalue weighted by molar-refractivity contribution is -0.135. The summed E-state index contributed by atoms with van der Waals surface area (Å²) in [6, 6.07) is 0. The molecule has 0 spiro atoms. The van der Waals surface area contributed by atoms with Crippen LogP contribution in [0.4, 0.5) is 0 Å². The van der Waals surface area contributed by atoms with E-state index in [0.29, 0.717) is 25.2 Å². The number of aromatic amines is 1. The molecule has 1 aliphatic rings. The van der Waals surface area contributed by atoms with Gasteiger partial charge in [-0.3, -0.25) is 9.89 Å². The van der Waals surface area contributed by atoms with Gasteiger partial charge in [-0.25, -0.2) is 4.79 Å². The number of hydrogen-bond donors (Lipinski definition) is 1. The second kappa shape index (κ2) is 5.89. The third kappa shape index (κ3) is 2.75. The van der Waals surface area contributed by atoms with Gasteiger partial charge in [-0.1, -0.05) is 6.92 Å². The van der Waals surface area contributed by atoms with Crippen LogP contribution in [0, 0.1) is 3.57 Å². The van der Waals surface area contributed by atoms with Gasteiger partial charge in [-0.2, -0.15) is 5.10 Å². The van der Waals surface area contributed by atoms with Crippen molar-refractivity contribution in [1.82, 2.24) is 15.1 Å². The van der Waals surface area contributed by atoms with Crippen LogP contribution in [0.5, 0.6) is 0 Å². The second-order valence-corrected chi connectivity index (χ2v) is 5.62. The Morgan fingerprint density at radius 2 is 2.21 bits per heavy atom. The monoisotopic (exact) mass is 377 g/mol. The van der Waals surface area contributed by atoms with E-state index in [1.807, 2.05) is 11.8 Å². The van der Waals surface area contributed by atoms with Crippen molar-refractivity contribution in [1.29, 1.82) is 0 Å². The molecule has 2 heterocycles. The third-order valence-electron chi connectivity index (χ3n) is 3.22. The number of carbonyl (C=O) groups excluding carboxylic acids is 2. The van der Waals surface area contributed by atoms with Crippen LogP contribution in [0.25, 0.3) is 0 Å². The van der Waals surface area contributed by atoms with E-state index in [0.717, 1.165) is 15.7 Å². The molecular formula is C12H16IN3O3. The summed E-state index contributed by atoms with van der Waals surface area (Å²) in [5.74, 6) is -0.00906. The molecule has 0 unspecified atom stereocenters. The molecule has 7 heteroatoms. The predicted octanol–water partition coefficient (Wildman–Crippen LogP) is 1.53. The lowest BCUT2D eigenvalue weighted by Crippen LogP contribution is -2.48. The molecule has 6 nitrogen and oxygen atoms in total. The van der Waals surface area contributed by atoms with Crippen molar-refractivity contribution in [2.75, 3.05) is 20.2 Å². The number of esters is 1. The summed E-state index contributed by atoms with van der Waals surface area (Å²) in [5.41, 5.74) is 1.23. The number of hydrogen-bond acceptors (Lipinski definition) is 4. The van der Waals surface area contributed by atoms with E-state index in [-0.39, 0.29) is 11.8 Å². The minimum absolute atomic E-state index is 0.196. The minimum atomic E-state index is -0.440. The maximum atomic E-state index is 11.7. The molecule has 0 aromatic carbocycles. The fraction of sp³-hybridized carbons (Fsp3) is 0.583. The number of nitrogens with one attached hydrogen (secondary N) is 1. The average molecular weight is 377 g/mol. The fourth-order valence-electron chi connectivity index (χ4n) is 2.08. The zero-order chi connectivity index (χ0) is 14.0. The average Bonchev–Trinajstić information content (AvgIpc) is 2.69. The molecule has 2 rings (SSSR count). The van der Waals surface area contributed by atoms with Gasteiger partial charge in [-0.15, -0.1) is 0 Å². The highest BCUT2D eigenvalue weighted by Crippen LogP contribution is 2.30. The highest BCUT2D eigenvalue weighted by atomic mass is 127. The standard InChI is InChI=1S/C12H16IN3O3/c1-3-4-8(17)16-5-7(6-16)10-9(13)11(15-14-10)12(18)19-2/h7H,3-6H2,1-2H3,(H,14,15). The Balaban J connectivity index is 2.01.